The van der Waals surface area contributed by atoms with Gasteiger partial charge in [-0.15, -0.1) is 0 Å². The first kappa shape index (κ1) is 12.9. The molecule has 0 saturated heterocycles. The summed E-state index contributed by atoms with van der Waals surface area (Å²) in [6.45, 7) is 7.45. The summed E-state index contributed by atoms with van der Waals surface area (Å²) in [5.41, 5.74) is 2.58. The zero-order valence-corrected chi connectivity index (χ0v) is 11.3. The summed E-state index contributed by atoms with van der Waals surface area (Å²) in [4.78, 5) is 13.3. The van der Waals surface area contributed by atoms with Crippen molar-refractivity contribution in [1.29, 1.82) is 0 Å². The molecule has 1 N–H and O–H groups in total. The number of anilines is 1. The Labute approximate surface area is 108 Å². The van der Waals surface area contributed by atoms with Crippen molar-refractivity contribution < 1.29 is 9.90 Å². The molecule has 0 unspecified atom stereocenters. The maximum atomic E-state index is 10.9. The zero-order valence-electron chi connectivity index (χ0n) is 11.3. The predicted octanol–water partition coefficient (Wildman–Crippen LogP) is 3.32. The SMILES string of the molecule is Cc1cc(C(=O)O)ccc1N(CC1CC1)C(C)C. The maximum Gasteiger partial charge on any atom is 0.335 e. The number of hydrogen-bond donors (Lipinski definition) is 1. The largest absolute Gasteiger partial charge is 0.478 e. The molecule has 18 heavy (non-hydrogen) atoms. The zero-order chi connectivity index (χ0) is 13.3. The van der Waals surface area contributed by atoms with Crippen molar-refractivity contribution in [3.8, 4) is 0 Å². The second-order valence-electron chi connectivity index (χ2n) is 5.50. The van der Waals surface area contributed by atoms with Gasteiger partial charge >= 0.3 is 5.97 Å². The molecule has 1 aromatic rings. The van der Waals surface area contributed by atoms with Gasteiger partial charge in [0.15, 0.2) is 0 Å². The highest BCUT2D eigenvalue weighted by atomic mass is 16.4. The van der Waals surface area contributed by atoms with Gasteiger partial charge in [0.05, 0.1) is 5.56 Å². The number of aromatic carboxylic acids is 1. The van der Waals surface area contributed by atoms with Crippen molar-refractivity contribution in [1.82, 2.24) is 0 Å². The summed E-state index contributed by atoms with van der Waals surface area (Å²) < 4.78 is 0. The lowest BCUT2D eigenvalue weighted by Gasteiger charge is -2.30. The van der Waals surface area contributed by atoms with Crippen LogP contribution >= 0.6 is 0 Å². The summed E-state index contributed by atoms with van der Waals surface area (Å²) in [5, 5.41) is 8.99. The van der Waals surface area contributed by atoms with Gasteiger partial charge in [-0.25, -0.2) is 4.79 Å². The van der Waals surface area contributed by atoms with E-state index in [0.717, 1.165) is 18.0 Å². The maximum absolute atomic E-state index is 10.9. The molecule has 0 bridgehead atoms. The lowest BCUT2D eigenvalue weighted by Crippen LogP contribution is -2.33. The van der Waals surface area contributed by atoms with Crippen molar-refractivity contribution in [3.63, 3.8) is 0 Å². The summed E-state index contributed by atoms with van der Waals surface area (Å²) >= 11 is 0. The minimum Gasteiger partial charge on any atom is -0.478 e. The van der Waals surface area contributed by atoms with Crippen LogP contribution in [-0.4, -0.2) is 23.7 Å². The highest BCUT2D eigenvalue weighted by Crippen LogP contribution is 2.33. The van der Waals surface area contributed by atoms with Crippen molar-refractivity contribution in [2.24, 2.45) is 5.92 Å². The third-order valence-corrected chi connectivity index (χ3v) is 3.53. The Hall–Kier alpha value is -1.51. The van der Waals surface area contributed by atoms with Gasteiger partial charge in [0.1, 0.15) is 0 Å². The van der Waals surface area contributed by atoms with Gasteiger partial charge < -0.3 is 10.0 Å². The first-order chi connectivity index (χ1) is 8.49. The Morgan fingerprint density at radius 3 is 2.56 bits per heavy atom. The van der Waals surface area contributed by atoms with Crippen LogP contribution in [0.1, 0.15) is 42.6 Å². The van der Waals surface area contributed by atoms with Crippen molar-refractivity contribution in [2.45, 2.75) is 39.7 Å². The third kappa shape index (κ3) is 2.84. The molecule has 98 valence electrons. The molecule has 0 amide bonds. The van der Waals surface area contributed by atoms with Crippen LogP contribution in [0.25, 0.3) is 0 Å². The van der Waals surface area contributed by atoms with Crippen LogP contribution in [0.5, 0.6) is 0 Å². The molecule has 0 spiro atoms. The van der Waals surface area contributed by atoms with E-state index in [9.17, 15) is 4.79 Å². The van der Waals surface area contributed by atoms with Crippen molar-refractivity contribution in [3.05, 3.63) is 29.3 Å². The topological polar surface area (TPSA) is 40.5 Å². The van der Waals surface area contributed by atoms with Gasteiger partial charge in [-0.2, -0.15) is 0 Å². The molecule has 0 radical (unpaired) electrons. The molecule has 0 aromatic heterocycles. The molecule has 0 heterocycles. The molecule has 1 aliphatic rings. The van der Waals surface area contributed by atoms with E-state index in [1.807, 2.05) is 13.0 Å². The summed E-state index contributed by atoms with van der Waals surface area (Å²) in [7, 11) is 0. The van der Waals surface area contributed by atoms with Crippen LogP contribution < -0.4 is 4.90 Å². The molecule has 3 nitrogen and oxygen atoms in total. The van der Waals surface area contributed by atoms with Crippen LogP contribution in [0.4, 0.5) is 5.69 Å². The Balaban J connectivity index is 2.26. The molecule has 1 aromatic carbocycles. The molecule has 2 rings (SSSR count). The lowest BCUT2D eigenvalue weighted by atomic mass is 10.1. The molecular formula is C15H21NO2. The van der Waals surface area contributed by atoms with E-state index < -0.39 is 5.97 Å². The number of nitrogens with zero attached hydrogens (tertiary/aromatic N) is 1. The first-order valence-electron chi connectivity index (χ1n) is 6.59. The van der Waals surface area contributed by atoms with E-state index >= 15 is 0 Å². The Morgan fingerprint density at radius 2 is 2.11 bits per heavy atom. The Bertz CT molecular complexity index is 450. The fraction of sp³-hybridized carbons (Fsp3) is 0.533. The number of hydrogen-bond acceptors (Lipinski definition) is 2. The molecule has 3 heteroatoms. The first-order valence-corrected chi connectivity index (χ1v) is 6.59. The van der Waals surface area contributed by atoms with E-state index in [2.05, 4.69) is 18.7 Å². The predicted molar refractivity (Wildman–Crippen MR) is 73.3 cm³/mol. The number of carboxylic acids is 1. The van der Waals surface area contributed by atoms with E-state index in [1.54, 1.807) is 12.1 Å². The average Bonchev–Trinajstić information content (AvgIpc) is 3.09. The molecular weight excluding hydrogens is 226 g/mol. The highest BCUT2D eigenvalue weighted by Gasteiger charge is 2.26. The van der Waals surface area contributed by atoms with Gasteiger partial charge in [0.2, 0.25) is 0 Å². The van der Waals surface area contributed by atoms with E-state index in [-0.39, 0.29) is 0 Å². The minimum atomic E-state index is -0.858. The fourth-order valence-electron chi connectivity index (χ4n) is 2.28. The molecule has 1 aliphatic carbocycles. The monoisotopic (exact) mass is 247 g/mol. The number of aryl methyl sites for hydroxylation is 1. The standard InChI is InChI=1S/C15H21NO2/c1-10(2)16(9-12-4-5-12)14-7-6-13(15(17)18)8-11(14)3/h6-8,10,12H,4-5,9H2,1-3H3,(H,17,18). The summed E-state index contributed by atoms with van der Waals surface area (Å²) in [5.74, 6) is -0.0334. The average molecular weight is 247 g/mol. The molecule has 0 aliphatic heterocycles. The van der Waals surface area contributed by atoms with E-state index in [4.69, 9.17) is 5.11 Å². The van der Waals surface area contributed by atoms with Crippen LogP contribution in [0.3, 0.4) is 0 Å². The highest BCUT2D eigenvalue weighted by molar-refractivity contribution is 5.88. The Morgan fingerprint density at radius 1 is 1.44 bits per heavy atom. The van der Waals surface area contributed by atoms with Crippen LogP contribution in [0.15, 0.2) is 18.2 Å². The fourth-order valence-corrected chi connectivity index (χ4v) is 2.28. The van der Waals surface area contributed by atoms with Gasteiger partial charge in [0, 0.05) is 18.3 Å². The van der Waals surface area contributed by atoms with Crippen molar-refractivity contribution >= 4 is 11.7 Å². The third-order valence-electron chi connectivity index (χ3n) is 3.53. The number of carbonyl (C=O) groups is 1. The van der Waals surface area contributed by atoms with Crippen LogP contribution in [0, 0.1) is 12.8 Å². The van der Waals surface area contributed by atoms with Gasteiger partial charge in [0.25, 0.3) is 0 Å². The van der Waals surface area contributed by atoms with Gasteiger partial charge in [-0.1, -0.05) is 0 Å². The van der Waals surface area contributed by atoms with Gasteiger partial charge in [-0.3, -0.25) is 0 Å². The second-order valence-corrected chi connectivity index (χ2v) is 5.50. The normalized spacial score (nSPS) is 14.9. The molecule has 1 fully saturated rings. The lowest BCUT2D eigenvalue weighted by molar-refractivity contribution is 0.0697. The molecule has 0 atom stereocenters. The van der Waals surface area contributed by atoms with E-state index in [0.29, 0.717) is 11.6 Å². The van der Waals surface area contributed by atoms with E-state index in [1.165, 1.54) is 18.5 Å². The van der Waals surface area contributed by atoms with Crippen LogP contribution in [0.2, 0.25) is 0 Å². The number of carboxylic acid groups (broad SMARTS) is 1. The number of rotatable bonds is 5. The van der Waals surface area contributed by atoms with Crippen LogP contribution in [-0.2, 0) is 0 Å². The second kappa shape index (κ2) is 5.01. The summed E-state index contributed by atoms with van der Waals surface area (Å²) in [6, 6.07) is 5.86. The summed E-state index contributed by atoms with van der Waals surface area (Å²) in [6.07, 6.45) is 2.66. The number of benzene rings is 1. The quantitative estimate of drug-likeness (QED) is 0.867. The van der Waals surface area contributed by atoms with Gasteiger partial charge in [-0.05, 0) is 63.3 Å². The smallest absolute Gasteiger partial charge is 0.335 e. The minimum absolute atomic E-state index is 0.367. The van der Waals surface area contributed by atoms with Crippen molar-refractivity contribution in [2.75, 3.05) is 11.4 Å². The Kier molecular flexibility index (Phi) is 3.60. The molecule has 1 saturated carbocycles.